The average Bonchev–Trinajstić information content (AvgIpc) is 2.95. The number of hydrogen-bond donors (Lipinski definition) is 1. The van der Waals surface area contributed by atoms with Crippen LogP contribution in [-0.4, -0.2) is 44.3 Å². The van der Waals surface area contributed by atoms with Crippen LogP contribution >= 0.6 is 23.2 Å². The quantitative estimate of drug-likeness (QED) is 0.221. The van der Waals surface area contributed by atoms with Gasteiger partial charge in [-0.15, -0.1) is 0 Å². The summed E-state index contributed by atoms with van der Waals surface area (Å²) in [5, 5.41) is 3.61. The zero-order chi connectivity index (χ0) is 30.2. The summed E-state index contributed by atoms with van der Waals surface area (Å²) >= 11 is 12.4. The second-order valence-electron chi connectivity index (χ2n) is 9.93. The minimum Gasteiger partial charge on any atom is -0.354 e. The highest BCUT2D eigenvalue weighted by Gasteiger charge is 2.33. The van der Waals surface area contributed by atoms with Gasteiger partial charge in [0.2, 0.25) is 11.8 Å². The molecule has 1 unspecified atom stereocenters. The molecule has 0 heterocycles. The van der Waals surface area contributed by atoms with Crippen molar-refractivity contribution in [2.75, 3.05) is 17.4 Å². The van der Waals surface area contributed by atoms with Crippen LogP contribution in [0.2, 0.25) is 10.0 Å². The molecule has 0 aliphatic rings. The molecule has 3 aromatic carbocycles. The molecular formula is C31H37Cl2N3O4S. The van der Waals surface area contributed by atoms with E-state index in [0.717, 1.165) is 28.3 Å². The Morgan fingerprint density at radius 3 is 2.22 bits per heavy atom. The summed E-state index contributed by atoms with van der Waals surface area (Å²) in [5.41, 5.74) is 2.90. The third kappa shape index (κ3) is 8.24. The lowest BCUT2D eigenvalue weighted by Crippen LogP contribution is -2.52. The molecule has 0 saturated heterocycles. The van der Waals surface area contributed by atoms with Gasteiger partial charge in [-0.3, -0.25) is 13.9 Å². The van der Waals surface area contributed by atoms with Gasteiger partial charge in [-0.2, -0.15) is 0 Å². The number of aryl methyl sites for hydroxylation is 2. The Morgan fingerprint density at radius 2 is 1.61 bits per heavy atom. The standard InChI is InChI=1S/C31H37Cl2N3O4S/c1-5-7-17-34-31(38)29(6-2)35(20-24-14-16-27(32)28(33)19-24)30(37)21-36(25-15-13-22(3)23(4)18-25)41(39,40)26-11-9-8-10-12-26/h8-16,18-19,29H,5-7,17,20-21H2,1-4H3,(H,34,38). The number of anilines is 1. The number of unbranched alkanes of at least 4 members (excludes halogenated alkanes) is 1. The van der Waals surface area contributed by atoms with Crippen LogP contribution in [0, 0.1) is 13.8 Å². The van der Waals surface area contributed by atoms with Crippen LogP contribution in [0.5, 0.6) is 0 Å². The molecule has 0 fully saturated rings. The monoisotopic (exact) mass is 617 g/mol. The van der Waals surface area contributed by atoms with Crippen molar-refractivity contribution < 1.29 is 18.0 Å². The first-order valence-electron chi connectivity index (χ1n) is 13.7. The van der Waals surface area contributed by atoms with Crippen LogP contribution in [-0.2, 0) is 26.2 Å². The van der Waals surface area contributed by atoms with Crippen LogP contribution in [0.1, 0.15) is 49.8 Å². The number of amides is 2. The maximum atomic E-state index is 14.1. The van der Waals surface area contributed by atoms with E-state index in [1.807, 2.05) is 33.8 Å². The normalized spacial score (nSPS) is 12.0. The van der Waals surface area contributed by atoms with E-state index in [2.05, 4.69) is 5.32 Å². The van der Waals surface area contributed by atoms with Crippen molar-refractivity contribution in [2.24, 2.45) is 0 Å². The van der Waals surface area contributed by atoms with Gasteiger partial charge < -0.3 is 10.2 Å². The van der Waals surface area contributed by atoms with Crippen molar-refractivity contribution in [3.63, 3.8) is 0 Å². The van der Waals surface area contributed by atoms with E-state index in [9.17, 15) is 18.0 Å². The number of halogens is 2. The van der Waals surface area contributed by atoms with E-state index in [1.165, 1.54) is 17.0 Å². The Balaban J connectivity index is 2.06. The average molecular weight is 619 g/mol. The van der Waals surface area contributed by atoms with Crippen LogP contribution in [0.15, 0.2) is 71.6 Å². The molecule has 0 bridgehead atoms. The number of sulfonamides is 1. The Hall–Kier alpha value is -3.07. The molecule has 1 atom stereocenters. The molecule has 0 aliphatic carbocycles. The van der Waals surface area contributed by atoms with Crippen LogP contribution in [0.3, 0.4) is 0 Å². The molecule has 2 amide bonds. The number of hydrogen-bond acceptors (Lipinski definition) is 4. The summed E-state index contributed by atoms with van der Waals surface area (Å²) in [4.78, 5) is 28.9. The lowest BCUT2D eigenvalue weighted by Gasteiger charge is -2.33. The van der Waals surface area contributed by atoms with Crippen molar-refractivity contribution in [1.29, 1.82) is 0 Å². The minimum atomic E-state index is -4.12. The number of nitrogens with one attached hydrogen (secondary N) is 1. The summed E-state index contributed by atoms with van der Waals surface area (Å²) in [6.07, 6.45) is 2.05. The zero-order valence-electron chi connectivity index (χ0n) is 23.9. The summed E-state index contributed by atoms with van der Waals surface area (Å²) < 4.78 is 28.9. The minimum absolute atomic E-state index is 0.0432. The second kappa shape index (κ2) is 14.7. The predicted molar refractivity (Wildman–Crippen MR) is 166 cm³/mol. The largest absolute Gasteiger partial charge is 0.354 e. The van der Waals surface area contributed by atoms with Gasteiger partial charge in [0, 0.05) is 13.1 Å². The molecule has 0 saturated carbocycles. The van der Waals surface area contributed by atoms with Gasteiger partial charge in [-0.1, -0.05) is 73.8 Å². The van der Waals surface area contributed by atoms with E-state index in [4.69, 9.17) is 23.2 Å². The fraction of sp³-hybridized carbons (Fsp3) is 0.355. The van der Waals surface area contributed by atoms with Crippen molar-refractivity contribution in [3.8, 4) is 0 Å². The van der Waals surface area contributed by atoms with Gasteiger partial charge in [0.15, 0.2) is 0 Å². The Bertz CT molecular complexity index is 1470. The first-order valence-corrected chi connectivity index (χ1v) is 15.8. The third-order valence-corrected chi connectivity index (χ3v) is 9.47. The van der Waals surface area contributed by atoms with E-state index >= 15 is 0 Å². The fourth-order valence-corrected chi connectivity index (χ4v) is 6.14. The highest BCUT2D eigenvalue weighted by molar-refractivity contribution is 7.92. The SMILES string of the molecule is CCCCNC(=O)C(CC)N(Cc1ccc(Cl)c(Cl)c1)C(=O)CN(c1ccc(C)c(C)c1)S(=O)(=O)c1ccccc1. The Morgan fingerprint density at radius 1 is 0.902 bits per heavy atom. The molecule has 1 N–H and O–H groups in total. The molecule has 220 valence electrons. The third-order valence-electron chi connectivity index (χ3n) is 6.94. The number of carbonyl (C=O) groups excluding carboxylic acids is 2. The summed E-state index contributed by atoms with van der Waals surface area (Å²) in [5.74, 6) is -0.815. The van der Waals surface area contributed by atoms with Gasteiger partial charge in [0.25, 0.3) is 10.0 Å². The maximum absolute atomic E-state index is 14.1. The van der Waals surface area contributed by atoms with E-state index in [0.29, 0.717) is 34.3 Å². The molecular weight excluding hydrogens is 581 g/mol. The number of rotatable bonds is 13. The van der Waals surface area contributed by atoms with Crippen LogP contribution in [0.4, 0.5) is 5.69 Å². The van der Waals surface area contributed by atoms with Crippen molar-refractivity contribution in [2.45, 2.75) is 64.4 Å². The van der Waals surface area contributed by atoms with E-state index in [1.54, 1.807) is 48.5 Å². The molecule has 0 aromatic heterocycles. The Kier molecular flexibility index (Phi) is 11.6. The number of benzene rings is 3. The number of carbonyl (C=O) groups is 2. The van der Waals surface area contributed by atoms with Crippen molar-refractivity contribution >= 4 is 50.7 Å². The molecule has 0 aliphatic heterocycles. The molecule has 0 radical (unpaired) electrons. The smallest absolute Gasteiger partial charge is 0.264 e. The van der Waals surface area contributed by atoms with Gasteiger partial charge in [0.1, 0.15) is 12.6 Å². The first kappa shape index (κ1) is 32.4. The summed E-state index contributed by atoms with van der Waals surface area (Å²) in [6.45, 7) is 7.69. The highest BCUT2D eigenvalue weighted by atomic mass is 35.5. The second-order valence-corrected chi connectivity index (χ2v) is 12.6. The van der Waals surface area contributed by atoms with Crippen molar-refractivity contribution in [3.05, 3.63) is 93.5 Å². The lowest BCUT2D eigenvalue weighted by molar-refractivity contribution is -0.140. The molecule has 3 aromatic rings. The van der Waals surface area contributed by atoms with Crippen molar-refractivity contribution in [1.82, 2.24) is 10.2 Å². The van der Waals surface area contributed by atoms with Gasteiger partial charge >= 0.3 is 0 Å². The maximum Gasteiger partial charge on any atom is 0.264 e. The van der Waals surface area contributed by atoms with Crippen LogP contribution in [0.25, 0.3) is 0 Å². The van der Waals surface area contributed by atoms with E-state index < -0.39 is 28.5 Å². The molecule has 7 nitrogen and oxygen atoms in total. The van der Waals surface area contributed by atoms with E-state index in [-0.39, 0.29) is 17.3 Å². The van der Waals surface area contributed by atoms with Gasteiger partial charge in [0.05, 0.1) is 20.6 Å². The summed E-state index contributed by atoms with van der Waals surface area (Å²) in [6, 6.07) is 17.4. The molecule has 0 spiro atoms. The molecule has 10 heteroatoms. The first-order chi connectivity index (χ1) is 19.5. The fourth-order valence-electron chi connectivity index (χ4n) is 4.39. The predicted octanol–water partition coefficient (Wildman–Crippen LogP) is 6.53. The molecule has 41 heavy (non-hydrogen) atoms. The molecule has 3 rings (SSSR count). The Labute approximate surface area is 253 Å². The van der Waals surface area contributed by atoms with Crippen LogP contribution < -0.4 is 9.62 Å². The summed E-state index contributed by atoms with van der Waals surface area (Å²) in [7, 11) is -4.12. The zero-order valence-corrected chi connectivity index (χ0v) is 26.2. The number of nitrogens with zero attached hydrogens (tertiary/aromatic N) is 2. The van der Waals surface area contributed by atoms with Gasteiger partial charge in [-0.25, -0.2) is 8.42 Å². The van der Waals surface area contributed by atoms with Gasteiger partial charge in [-0.05, 0) is 79.8 Å². The highest BCUT2D eigenvalue weighted by Crippen LogP contribution is 2.28. The lowest BCUT2D eigenvalue weighted by atomic mass is 10.1. The topological polar surface area (TPSA) is 86.8 Å².